The molecule has 28 N–H and O–H groups in total. The summed E-state index contributed by atoms with van der Waals surface area (Å²) in [5.41, 5.74) is 0. The average Bonchev–Trinajstić information content (AvgIpc) is 0.770. The smallest absolute Gasteiger partial charge is 0.217 e. The van der Waals surface area contributed by atoms with Crippen LogP contribution in [0.15, 0.2) is 0 Å². The first-order chi connectivity index (χ1) is 53.0. The van der Waals surface area contributed by atoms with Gasteiger partial charge in [0.1, 0.15) is 213 Å². The second-order valence-electron chi connectivity index (χ2n) is 28.3. The lowest BCUT2D eigenvalue weighted by molar-refractivity contribution is -0.398. The first-order valence-corrected chi connectivity index (χ1v) is 35.8. The molecule has 0 aromatic carbocycles. The number of carbonyl (C=O) groups excluding carboxylic acids is 4. The summed E-state index contributed by atoms with van der Waals surface area (Å²) in [4.78, 5) is 51.0. The van der Waals surface area contributed by atoms with Crippen LogP contribution in [0.25, 0.3) is 0 Å². The van der Waals surface area contributed by atoms with E-state index < -0.39 is 359 Å². The first kappa shape index (κ1) is 92.1. The van der Waals surface area contributed by atoms with Gasteiger partial charge < -0.3 is 224 Å². The highest BCUT2D eigenvalue weighted by atomic mass is 16.8. The third-order valence-corrected chi connectivity index (χ3v) is 20.5. The van der Waals surface area contributed by atoms with Crippen LogP contribution in [0.3, 0.4) is 0 Å². The van der Waals surface area contributed by atoms with Crippen LogP contribution >= 0.6 is 0 Å². The summed E-state index contributed by atoms with van der Waals surface area (Å²) in [6, 6.07) is -7.03. The van der Waals surface area contributed by atoms with E-state index in [0.717, 1.165) is 27.7 Å². The number of ether oxygens (including phenoxy) is 17. The Balaban J connectivity index is 1.05. The Morgan fingerprint density at radius 3 is 0.848 bits per heavy atom. The lowest BCUT2D eigenvalue weighted by atomic mass is 9.92. The van der Waals surface area contributed by atoms with Crippen molar-refractivity contribution >= 4 is 23.6 Å². The third-order valence-electron chi connectivity index (χ3n) is 20.5. The zero-order valence-electron chi connectivity index (χ0n) is 60.4. The molecule has 0 bridgehead atoms. The van der Waals surface area contributed by atoms with E-state index in [1.807, 2.05) is 0 Å². The highest BCUT2D eigenvalue weighted by molar-refractivity contribution is 5.74. The highest BCUT2D eigenvalue weighted by Gasteiger charge is 2.61. The maximum Gasteiger partial charge on any atom is 0.217 e. The fourth-order valence-electron chi connectivity index (χ4n) is 14.6. The van der Waals surface area contributed by atoms with Crippen LogP contribution in [0.2, 0.25) is 0 Å². The summed E-state index contributed by atoms with van der Waals surface area (Å²) in [5, 5.41) is 276. The molecule has 112 heavy (non-hydrogen) atoms. The van der Waals surface area contributed by atoms with E-state index in [0.29, 0.717) is 0 Å². The number of nitrogens with one attached hydrogen (secondary N) is 4. The van der Waals surface area contributed by atoms with Gasteiger partial charge in [-0.1, -0.05) is 0 Å². The largest absolute Gasteiger partial charge is 0.394 e. The second kappa shape index (κ2) is 40.3. The molecule has 0 aromatic heterocycles. The molecule has 0 aliphatic carbocycles. The summed E-state index contributed by atoms with van der Waals surface area (Å²) < 4.78 is 101. The van der Waals surface area contributed by atoms with Crippen molar-refractivity contribution < 1.29 is 222 Å². The van der Waals surface area contributed by atoms with E-state index in [1.54, 1.807) is 0 Å². The normalized spacial score (nSPS) is 48.9. The van der Waals surface area contributed by atoms with E-state index >= 15 is 0 Å². The zero-order valence-corrected chi connectivity index (χ0v) is 60.4. The van der Waals surface area contributed by atoms with E-state index in [2.05, 4.69) is 28.2 Å². The number of aliphatic hydroxyl groups is 24. The van der Waals surface area contributed by atoms with E-state index in [1.165, 1.54) is 0 Å². The van der Waals surface area contributed by atoms with Gasteiger partial charge in [-0.05, 0) is 6.92 Å². The molecule has 1 radical (unpaired) electrons. The highest BCUT2D eigenvalue weighted by Crippen LogP contribution is 2.40. The Labute approximate surface area is 635 Å². The van der Waals surface area contributed by atoms with Crippen LogP contribution in [0.1, 0.15) is 27.7 Å². The predicted molar refractivity (Wildman–Crippen MR) is 347 cm³/mol. The second-order valence-corrected chi connectivity index (χ2v) is 28.3. The first-order valence-electron chi connectivity index (χ1n) is 35.8. The van der Waals surface area contributed by atoms with Gasteiger partial charge in [0.25, 0.3) is 0 Å². The van der Waals surface area contributed by atoms with E-state index in [-0.39, 0.29) is 0 Å². The van der Waals surface area contributed by atoms with Crippen LogP contribution in [-0.2, 0) is 99.7 Å². The number of carbonyl (C=O) groups is 4. The van der Waals surface area contributed by atoms with Gasteiger partial charge in [0.05, 0.1) is 71.6 Å². The molecule has 647 valence electrons. The molecule has 49 nitrogen and oxygen atoms in total. The van der Waals surface area contributed by atoms with Crippen LogP contribution in [-0.4, -0.2) is 482 Å². The molecule has 9 fully saturated rings. The van der Waals surface area contributed by atoms with Gasteiger partial charge in [0.15, 0.2) is 50.3 Å². The van der Waals surface area contributed by atoms with Crippen LogP contribution in [0.5, 0.6) is 0 Å². The standard InChI is InChI=1S/C63H105N4O45/c1-15-29(64-16(2)76)38(85)49(24(10-72)97-15)106-56-30(65-17(3)77)39(86)52(27(13-75)102-56)109-61-48(95)53(110-63-55(45(92)36(83)23(9-71)101-63)112-58-32(67-19(5)79)41(88)51(26(12-74)104-58)108-60-47(94)43(90)34(81)21(7-69)99-60)37(84)28(105-61)14-96-62-54(44(91)35(82)22(8-70)100-62)111-57-31(66-18(4)78)40(87)50(25(11-73)103-57)107-59-46(93)42(89)33(80)20(6-68)98-59/h15,20-63,68-75,80-95H,1,6-14H2,2-5H3,(H,64,76)(H,65,77)(H,66,78)(H,67,79)/t15-,20?,21?,22?,23?,24?,25?,26?,27?,28?,29?,30?,31?,32?,33-,34-,35+,36+,37+,38+,39+,40+,41+,42-,43-,44-,45?,46?,47?,48?,49+,50+,51+,52+,53-,54?,55?,56-,57-,58-,59-,60-,61-,62-,63+/m0/s1. The lowest BCUT2D eigenvalue weighted by Crippen LogP contribution is -2.71. The Hall–Kier alpha value is -3.76. The predicted octanol–water partition coefficient (Wildman–Crippen LogP) is -19.2. The minimum absolute atomic E-state index is 0.668. The molecular formula is C63H105N4O45. The van der Waals surface area contributed by atoms with Crippen molar-refractivity contribution in [3.8, 4) is 0 Å². The van der Waals surface area contributed by atoms with Crippen LogP contribution in [0.4, 0.5) is 0 Å². The monoisotopic (exact) mass is 1640 g/mol. The molecule has 19 unspecified atom stereocenters. The van der Waals surface area contributed by atoms with Crippen LogP contribution in [0, 0.1) is 6.92 Å². The number of hydrogen-bond donors (Lipinski definition) is 28. The van der Waals surface area contributed by atoms with Crippen molar-refractivity contribution in [2.75, 3.05) is 59.5 Å². The SMILES string of the molecule is [CH2][C@@H]1OC(CO)[C@@H](O[C@@H]2OC(CO)[C@@H](O[C@@H]3OC(CO[C@H]4OC(CO)[C@@H](O)[C@H](O)C4O[C@@H]4OC(CO)[C@@H](O[C@@H]5OC(CO)[C@H](O)[C@H](O)C5O)[C@H](O)C4NC(C)=O)[C@@H](O)[C@H](O[C@H]4OC(CO)[C@@H](O)C(O)C4O[C@@H]4OC(CO)[C@@H](O[C@@H]5OC(CO)[C@H](O)[C@H](O)C5O)[C@H](O)C4NC(C)=O)C3O)[C@H](O)C2NC(C)=O)[C@H](O)C1NC(C)=O. The molecule has 9 aliphatic rings. The van der Waals surface area contributed by atoms with Gasteiger partial charge >= 0.3 is 0 Å². The lowest BCUT2D eigenvalue weighted by Gasteiger charge is -2.51. The minimum atomic E-state index is -2.56. The molecule has 45 atom stereocenters. The molecule has 9 rings (SSSR count). The van der Waals surface area contributed by atoms with Gasteiger partial charge in [0, 0.05) is 27.7 Å². The Morgan fingerprint density at radius 1 is 0.250 bits per heavy atom. The number of aliphatic hydroxyl groups excluding tert-OH is 24. The van der Waals surface area contributed by atoms with Crippen molar-refractivity contribution in [1.82, 2.24) is 21.3 Å². The van der Waals surface area contributed by atoms with Gasteiger partial charge in [-0.3, -0.25) is 19.2 Å². The Morgan fingerprint density at radius 2 is 0.500 bits per heavy atom. The van der Waals surface area contributed by atoms with E-state index in [9.17, 15) is 142 Å². The van der Waals surface area contributed by atoms with Crippen molar-refractivity contribution in [2.24, 2.45) is 0 Å². The Kier molecular flexibility index (Phi) is 33.2. The maximum atomic E-state index is 13.0. The average molecular weight is 1640 g/mol. The van der Waals surface area contributed by atoms with Crippen molar-refractivity contribution in [1.29, 1.82) is 0 Å². The van der Waals surface area contributed by atoms with Gasteiger partial charge in [-0.15, -0.1) is 0 Å². The summed E-state index contributed by atoms with van der Waals surface area (Å²) in [6.45, 7) is -1.93. The minimum Gasteiger partial charge on any atom is -0.394 e. The van der Waals surface area contributed by atoms with Crippen molar-refractivity contribution in [3.05, 3.63) is 6.92 Å². The fraction of sp³-hybridized carbons (Fsp3) is 0.921. The molecule has 0 spiro atoms. The number of hydrogen-bond acceptors (Lipinski definition) is 45. The van der Waals surface area contributed by atoms with Gasteiger partial charge in [0.2, 0.25) is 23.6 Å². The molecule has 4 amide bonds. The number of rotatable bonds is 29. The molecule has 0 saturated carbocycles. The van der Waals surface area contributed by atoms with E-state index in [4.69, 9.17) is 80.5 Å². The van der Waals surface area contributed by atoms with Crippen molar-refractivity contribution in [2.45, 2.75) is 304 Å². The van der Waals surface area contributed by atoms with Gasteiger partial charge in [-0.2, -0.15) is 0 Å². The summed E-state index contributed by atoms with van der Waals surface area (Å²) in [7, 11) is 0. The van der Waals surface area contributed by atoms with Crippen molar-refractivity contribution in [3.63, 3.8) is 0 Å². The molecular weight excluding hydrogens is 1530 g/mol. The number of amides is 4. The zero-order chi connectivity index (χ0) is 82.5. The molecule has 0 aromatic rings. The molecule has 9 heterocycles. The molecule has 49 heteroatoms. The Bertz CT molecular complexity index is 2970. The summed E-state index contributed by atoms with van der Waals surface area (Å²) >= 11 is 0. The fourth-order valence-corrected chi connectivity index (χ4v) is 14.6. The summed E-state index contributed by atoms with van der Waals surface area (Å²) in [5.74, 6) is -3.46. The molecule has 9 saturated heterocycles. The topological polar surface area (TPSA) is 759 Å². The summed E-state index contributed by atoms with van der Waals surface area (Å²) in [6.07, 6.45) is -83.4. The maximum absolute atomic E-state index is 13.0. The quantitative estimate of drug-likeness (QED) is 0.0331. The van der Waals surface area contributed by atoms with Crippen LogP contribution < -0.4 is 21.3 Å². The molecule has 9 aliphatic heterocycles. The third kappa shape index (κ3) is 20.2. The van der Waals surface area contributed by atoms with Gasteiger partial charge in [-0.25, -0.2) is 0 Å².